The van der Waals surface area contributed by atoms with E-state index in [0.29, 0.717) is 55.7 Å². The third kappa shape index (κ3) is 7.93. The van der Waals surface area contributed by atoms with Gasteiger partial charge in [-0.1, -0.05) is 26.0 Å². The van der Waals surface area contributed by atoms with Crippen molar-refractivity contribution in [3.8, 4) is 16.9 Å². The minimum absolute atomic E-state index is 0.160. The van der Waals surface area contributed by atoms with Crippen LogP contribution in [0.4, 0.5) is 4.79 Å². The van der Waals surface area contributed by atoms with Gasteiger partial charge in [-0.15, -0.1) is 0 Å². The highest BCUT2D eigenvalue weighted by Gasteiger charge is 2.45. The minimum atomic E-state index is -1.02. The van der Waals surface area contributed by atoms with Gasteiger partial charge in [-0.25, -0.2) is 9.59 Å². The van der Waals surface area contributed by atoms with Crippen molar-refractivity contribution in [1.82, 2.24) is 15.5 Å². The molecule has 53 heavy (non-hydrogen) atoms. The number of nitrogens with one attached hydrogen (secondary N) is 2. The zero-order valence-electron chi connectivity index (χ0n) is 30.7. The first-order valence-electron chi connectivity index (χ1n) is 18.2. The lowest BCUT2D eigenvalue weighted by molar-refractivity contribution is -0.158. The Hall–Kier alpha value is -4.82. The fraction of sp³-hybridized carbons (Fsp3) is 0.538. The fourth-order valence-corrected chi connectivity index (χ4v) is 7.74. The van der Waals surface area contributed by atoms with Crippen LogP contribution in [-0.2, 0) is 46.4 Å². The van der Waals surface area contributed by atoms with Crippen LogP contribution in [0.1, 0.15) is 78.3 Å². The van der Waals surface area contributed by atoms with Gasteiger partial charge in [0.05, 0.1) is 13.7 Å². The molecule has 2 N–H and O–H groups in total. The number of hydrogen-bond acceptors (Lipinski definition) is 12. The fourth-order valence-electron chi connectivity index (χ4n) is 7.74. The quantitative estimate of drug-likeness (QED) is 0.196. The normalized spacial score (nSPS) is 23.6. The molecule has 3 aliphatic heterocycles. The standard InChI is InChI=1S/C39H47N3O11/c1-20(2)34(41-39(48)50-5)36(45)42-21(3)6-10-30(42)38(47)53-32-11-8-23-14-28-26-9-7-24(13-25(26)18-51-33(28)15-27(23)35(32)44)31(43)19-52-37(46)29-12-22(16-40-29)17-49-4/h7,9,13-15,20-22,29-30,32,34,40H,6,8,10-12,16-19H2,1-5H3,(H,41,48)/t21-,22-,29?,30-,32?,34-/m0/s1. The Bertz CT molecular complexity index is 1790. The van der Waals surface area contributed by atoms with Crippen molar-refractivity contribution >= 4 is 35.5 Å². The first-order chi connectivity index (χ1) is 25.4. The van der Waals surface area contributed by atoms with Gasteiger partial charge in [-0.3, -0.25) is 19.2 Å². The lowest BCUT2D eigenvalue weighted by atomic mass is 9.84. The minimum Gasteiger partial charge on any atom is -0.488 e. The first kappa shape index (κ1) is 37.9. The number of aryl methyl sites for hydroxylation is 1. The van der Waals surface area contributed by atoms with Crippen molar-refractivity contribution in [3.05, 3.63) is 52.6 Å². The summed E-state index contributed by atoms with van der Waals surface area (Å²) in [5.41, 5.74) is 4.03. The van der Waals surface area contributed by atoms with Crippen LogP contribution in [-0.4, -0.2) is 105 Å². The van der Waals surface area contributed by atoms with Gasteiger partial charge in [-0.05, 0) is 85.8 Å². The summed E-state index contributed by atoms with van der Waals surface area (Å²) in [7, 11) is 2.84. The number of hydrogen-bond donors (Lipinski definition) is 2. The molecule has 14 nitrogen and oxygen atoms in total. The topological polar surface area (TPSA) is 176 Å². The van der Waals surface area contributed by atoms with Crippen LogP contribution in [0.25, 0.3) is 11.1 Å². The lowest BCUT2D eigenvalue weighted by Crippen LogP contribution is -2.56. The summed E-state index contributed by atoms with van der Waals surface area (Å²) in [6.45, 7) is 6.41. The zero-order chi connectivity index (χ0) is 38.0. The van der Waals surface area contributed by atoms with Crippen molar-refractivity contribution in [3.63, 3.8) is 0 Å². The molecule has 0 aromatic heterocycles. The van der Waals surface area contributed by atoms with E-state index in [0.717, 1.165) is 22.3 Å². The van der Waals surface area contributed by atoms with Crippen molar-refractivity contribution in [2.75, 3.05) is 34.0 Å². The molecule has 284 valence electrons. The van der Waals surface area contributed by atoms with Crippen LogP contribution >= 0.6 is 0 Å². The number of alkyl carbamates (subject to hydrolysis) is 1. The van der Waals surface area contributed by atoms with E-state index in [4.69, 9.17) is 23.7 Å². The summed E-state index contributed by atoms with van der Waals surface area (Å²) in [5, 5.41) is 5.69. The molecule has 0 radical (unpaired) electrons. The van der Waals surface area contributed by atoms with Crippen LogP contribution in [0, 0.1) is 11.8 Å². The number of methoxy groups -OCH3 is 2. The molecule has 2 aromatic rings. The van der Waals surface area contributed by atoms with Crippen molar-refractivity contribution in [1.29, 1.82) is 0 Å². The van der Waals surface area contributed by atoms with Gasteiger partial charge in [0.15, 0.2) is 18.5 Å². The van der Waals surface area contributed by atoms with Crippen LogP contribution in [0.3, 0.4) is 0 Å². The molecule has 0 spiro atoms. The molecule has 4 aliphatic rings. The molecule has 0 bridgehead atoms. The highest BCUT2D eigenvalue weighted by Crippen LogP contribution is 2.42. The van der Waals surface area contributed by atoms with E-state index in [1.165, 1.54) is 12.0 Å². The number of ketones is 2. The number of carbonyl (C=O) groups is 6. The summed E-state index contributed by atoms with van der Waals surface area (Å²) in [6, 6.07) is 6.34. The molecule has 2 unspecified atom stereocenters. The largest absolute Gasteiger partial charge is 0.488 e. The van der Waals surface area contributed by atoms with Gasteiger partial charge in [0, 0.05) is 36.4 Å². The van der Waals surface area contributed by atoms with Crippen LogP contribution in [0.15, 0.2) is 30.3 Å². The van der Waals surface area contributed by atoms with E-state index in [1.54, 1.807) is 39.2 Å². The van der Waals surface area contributed by atoms with E-state index in [-0.39, 0.29) is 49.1 Å². The number of nitrogens with zero attached hydrogens (tertiary/aromatic N) is 1. The molecule has 2 aromatic carbocycles. The number of benzene rings is 2. The maximum Gasteiger partial charge on any atom is 0.407 e. The second kappa shape index (κ2) is 16.0. The van der Waals surface area contributed by atoms with E-state index < -0.39 is 48.2 Å². The molecule has 6 atom stereocenters. The molecule has 3 heterocycles. The zero-order valence-corrected chi connectivity index (χ0v) is 30.7. The first-order valence-corrected chi connectivity index (χ1v) is 18.2. The summed E-state index contributed by atoms with van der Waals surface area (Å²) in [6.07, 6.45) is 0.508. The maximum atomic E-state index is 13.7. The van der Waals surface area contributed by atoms with Gasteiger partial charge in [0.25, 0.3) is 0 Å². The average molecular weight is 734 g/mol. The molecule has 14 heteroatoms. The average Bonchev–Trinajstić information content (AvgIpc) is 3.79. The number of esters is 2. The number of rotatable bonds is 11. The van der Waals surface area contributed by atoms with Crippen molar-refractivity contribution in [2.45, 2.75) is 89.8 Å². The Kier molecular flexibility index (Phi) is 11.5. The smallest absolute Gasteiger partial charge is 0.407 e. The van der Waals surface area contributed by atoms with Crippen LogP contribution in [0.5, 0.6) is 5.75 Å². The van der Waals surface area contributed by atoms with Gasteiger partial charge >= 0.3 is 18.0 Å². The molecule has 0 saturated carbocycles. The Morgan fingerprint density at radius 1 is 0.981 bits per heavy atom. The predicted octanol–water partition coefficient (Wildman–Crippen LogP) is 3.40. The van der Waals surface area contributed by atoms with Crippen molar-refractivity contribution < 1.29 is 52.5 Å². The van der Waals surface area contributed by atoms with E-state index in [9.17, 15) is 28.8 Å². The second-order valence-electron chi connectivity index (χ2n) is 14.6. The van der Waals surface area contributed by atoms with Gasteiger partial charge in [-0.2, -0.15) is 0 Å². The molecule has 1 aliphatic carbocycles. The highest BCUT2D eigenvalue weighted by atomic mass is 16.6. The molecular weight excluding hydrogens is 686 g/mol. The number of Topliss-reactive ketones (excluding diaryl/α,β-unsaturated/α-hetero) is 2. The predicted molar refractivity (Wildman–Crippen MR) is 189 cm³/mol. The van der Waals surface area contributed by atoms with Gasteiger partial charge in [0.2, 0.25) is 11.7 Å². The Morgan fingerprint density at radius 3 is 2.51 bits per heavy atom. The molecule has 2 amide bonds. The van der Waals surface area contributed by atoms with Crippen molar-refractivity contribution in [2.24, 2.45) is 11.8 Å². The van der Waals surface area contributed by atoms with E-state index in [2.05, 4.69) is 10.6 Å². The second-order valence-corrected chi connectivity index (χ2v) is 14.6. The highest BCUT2D eigenvalue weighted by molar-refractivity contribution is 6.04. The Balaban J connectivity index is 1.10. The maximum absolute atomic E-state index is 13.7. The molecule has 2 saturated heterocycles. The number of amides is 2. The monoisotopic (exact) mass is 733 g/mol. The molecule has 6 rings (SSSR count). The number of carbonyl (C=O) groups excluding carboxylic acids is 6. The number of likely N-dealkylation sites (tertiary alicyclic amines) is 1. The number of ether oxygens (including phenoxy) is 5. The molecular formula is C39H47N3O11. The van der Waals surface area contributed by atoms with Gasteiger partial charge in [0.1, 0.15) is 30.5 Å². The Labute approximate surface area is 308 Å². The molecule has 2 fully saturated rings. The summed E-state index contributed by atoms with van der Waals surface area (Å²) in [4.78, 5) is 79.8. The third-order valence-electron chi connectivity index (χ3n) is 10.6. The van der Waals surface area contributed by atoms with Crippen LogP contribution < -0.4 is 15.4 Å². The third-order valence-corrected chi connectivity index (χ3v) is 10.6. The van der Waals surface area contributed by atoms with Gasteiger partial charge < -0.3 is 39.2 Å². The van der Waals surface area contributed by atoms with E-state index >= 15 is 0 Å². The SMILES string of the molecule is COC[C@@H]1CNC(C(=O)OCC(=O)c2ccc3c(c2)COc2cc4c(cc2-3)CCC(OC(=O)[C@@H]2CC[C@H](C)N2C(=O)[C@@H](NC(=O)OC)C(C)C)C4=O)C1. The summed E-state index contributed by atoms with van der Waals surface area (Å²) < 4.78 is 27.1. The van der Waals surface area contributed by atoms with E-state index in [1.807, 2.05) is 19.1 Å². The van der Waals surface area contributed by atoms with Crippen LogP contribution in [0.2, 0.25) is 0 Å². The summed E-state index contributed by atoms with van der Waals surface area (Å²) in [5.74, 6) is -1.73. The summed E-state index contributed by atoms with van der Waals surface area (Å²) >= 11 is 0. The lowest BCUT2D eigenvalue weighted by Gasteiger charge is -2.33. The number of fused-ring (bicyclic) bond motifs is 4. The Morgan fingerprint density at radius 2 is 1.77 bits per heavy atom.